The second kappa shape index (κ2) is 6.92. The number of aliphatic hydroxyl groups excluding tert-OH is 1. The molecule has 1 amide bonds. The molecule has 1 aromatic heterocycles. The first-order valence-electron chi connectivity index (χ1n) is 7.17. The summed E-state index contributed by atoms with van der Waals surface area (Å²) in [7, 11) is 0. The van der Waals surface area contributed by atoms with E-state index in [1.807, 2.05) is 12.1 Å². The molecule has 4 heteroatoms. The van der Waals surface area contributed by atoms with Crippen LogP contribution in [0.3, 0.4) is 0 Å². The highest BCUT2D eigenvalue weighted by molar-refractivity contribution is 7.14. The van der Waals surface area contributed by atoms with Gasteiger partial charge in [0.25, 0.3) is 5.91 Å². The predicted octanol–water partition coefficient (Wildman–Crippen LogP) is 2.79. The lowest BCUT2D eigenvalue weighted by Crippen LogP contribution is -2.41. The van der Waals surface area contributed by atoms with E-state index in [0.29, 0.717) is 16.7 Å². The quantitative estimate of drug-likeness (QED) is 0.820. The van der Waals surface area contributed by atoms with Gasteiger partial charge in [-0.2, -0.15) is 0 Å². The van der Waals surface area contributed by atoms with Gasteiger partial charge in [-0.25, -0.2) is 0 Å². The number of hydrogen-bond donors (Lipinski definition) is 2. The number of nitrogens with one attached hydrogen (secondary N) is 1. The van der Waals surface area contributed by atoms with E-state index in [-0.39, 0.29) is 12.5 Å². The van der Waals surface area contributed by atoms with E-state index >= 15 is 0 Å². The number of amides is 1. The largest absolute Gasteiger partial charge is 0.395 e. The zero-order chi connectivity index (χ0) is 14.4. The van der Waals surface area contributed by atoms with E-state index in [1.54, 1.807) is 0 Å². The van der Waals surface area contributed by atoms with Crippen molar-refractivity contribution in [3.63, 3.8) is 0 Å². The first-order valence-corrected chi connectivity index (χ1v) is 7.98. The number of thiophene rings is 1. The predicted molar refractivity (Wildman–Crippen MR) is 81.8 cm³/mol. The summed E-state index contributed by atoms with van der Waals surface area (Å²) in [6, 6.07) is 3.69. The Morgan fingerprint density at radius 2 is 2.30 bits per heavy atom. The van der Waals surface area contributed by atoms with Crippen LogP contribution < -0.4 is 5.32 Å². The Morgan fingerprint density at radius 3 is 2.90 bits per heavy atom. The highest BCUT2D eigenvalue weighted by Gasteiger charge is 2.35. The fourth-order valence-electron chi connectivity index (χ4n) is 2.42. The number of aliphatic hydroxyl groups is 1. The zero-order valence-electron chi connectivity index (χ0n) is 11.9. The minimum Gasteiger partial charge on any atom is -0.395 e. The molecule has 1 heterocycles. The second-order valence-corrected chi connectivity index (χ2v) is 6.41. The third-order valence-electron chi connectivity index (χ3n) is 4.07. The summed E-state index contributed by atoms with van der Waals surface area (Å²) in [5.41, 5.74) is 0.344. The Bertz CT molecular complexity index is 515. The summed E-state index contributed by atoms with van der Waals surface area (Å²) >= 11 is 1.41. The summed E-state index contributed by atoms with van der Waals surface area (Å²) in [6.45, 7) is 3.06. The van der Waals surface area contributed by atoms with Crippen LogP contribution >= 0.6 is 11.3 Å². The van der Waals surface area contributed by atoms with Gasteiger partial charge in [-0.05, 0) is 36.8 Å². The Kier molecular flexibility index (Phi) is 5.22. The number of carbonyl (C=O) groups is 1. The van der Waals surface area contributed by atoms with Crippen molar-refractivity contribution in [2.75, 3.05) is 13.2 Å². The third kappa shape index (κ3) is 3.62. The highest BCUT2D eigenvalue weighted by atomic mass is 32.1. The van der Waals surface area contributed by atoms with Crippen molar-refractivity contribution in [2.24, 2.45) is 5.41 Å². The van der Waals surface area contributed by atoms with E-state index in [0.717, 1.165) is 17.8 Å². The van der Waals surface area contributed by atoms with Crippen LogP contribution in [0.4, 0.5) is 0 Å². The lowest BCUT2D eigenvalue weighted by Gasteiger charge is -2.41. The normalized spacial score (nSPS) is 15.9. The molecule has 20 heavy (non-hydrogen) atoms. The van der Waals surface area contributed by atoms with Crippen molar-refractivity contribution >= 4 is 17.2 Å². The molecule has 0 spiro atoms. The van der Waals surface area contributed by atoms with Gasteiger partial charge in [0.05, 0.1) is 16.4 Å². The average molecular weight is 291 g/mol. The zero-order valence-corrected chi connectivity index (χ0v) is 12.7. The molecule has 1 aromatic rings. The Balaban J connectivity index is 1.88. The van der Waals surface area contributed by atoms with Gasteiger partial charge in [-0.3, -0.25) is 4.79 Å². The Labute approximate surface area is 124 Å². The molecule has 1 aliphatic rings. The highest BCUT2D eigenvalue weighted by Crippen LogP contribution is 2.43. The molecule has 1 aliphatic carbocycles. The molecule has 0 bridgehead atoms. The van der Waals surface area contributed by atoms with Crippen LogP contribution in [-0.4, -0.2) is 24.2 Å². The van der Waals surface area contributed by atoms with Gasteiger partial charge in [-0.15, -0.1) is 11.3 Å². The van der Waals surface area contributed by atoms with Crippen LogP contribution in [0, 0.1) is 17.3 Å². The van der Waals surface area contributed by atoms with Gasteiger partial charge in [-0.1, -0.05) is 25.2 Å². The van der Waals surface area contributed by atoms with Gasteiger partial charge < -0.3 is 10.4 Å². The molecule has 0 aliphatic heterocycles. The van der Waals surface area contributed by atoms with Crippen molar-refractivity contribution in [1.82, 2.24) is 5.32 Å². The van der Waals surface area contributed by atoms with Gasteiger partial charge >= 0.3 is 0 Å². The number of rotatable bonds is 5. The fourth-order valence-corrected chi connectivity index (χ4v) is 3.22. The molecule has 0 radical (unpaired) electrons. The molecular weight excluding hydrogens is 270 g/mol. The molecule has 108 valence electrons. The number of carbonyl (C=O) groups excluding carboxylic acids is 1. The van der Waals surface area contributed by atoms with Crippen LogP contribution in [0.5, 0.6) is 0 Å². The molecule has 0 atom stereocenters. The molecule has 0 unspecified atom stereocenters. The van der Waals surface area contributed by atoms with E-state index in [2.05, 4.69) is 24.1 Å². The maximum Gasteiger partial charge on any atom is 0.261 e. The van der Waals surface area contributed by atoms with E-state index in [1.165, 1.54) is 30.6 Å². The van der Waals surface area contributed by atoms with Crippen molar-refractivity contribution < 1.29 is 9.90 Å². The van der Waals surface area contributed by atoms with Gasteiger partial charge in [0, 0.05) is 13.0 Å². The molecule has 2 N–H and O–H groups in total. The molecular formula is C16H21NO2S. The molecule has 3 nitrogen and oxygen atoms in total. The van der Waals surface area contributed by atoms with E-state index in [4.69, 9.17) is 5.11 Å². The van der Waals surface area contributed by atoms with Crippen LogP contribution in [0.1, 0.15) is 53.6 Å². The summed E-state index contributed by atoms with van der Waals surface area (Å²) in [6.07, 6.45) is 5.35. The van der Waals surface area contributed by atoms with Crippen molar-refractivity contribution in [2.45, 2.75) is 39.0 Å². The van der Waals surface area contributed by atoms with Crippen molar-refractivity contribution in [3.8, 4) is 11.8 Å². The molecule has 1 fully saturated rings. The smallest absolute Gasteiger partial charge is 0.261 e. The summed E-state index contributed by atoms with van der Waals surface area (Å²) < 4.78 is 0. The van der Waals surface area contributed by atoms with Gasteiger partial charge in [0.2, 0.25) is 0 Å². The SMILES string of the molecule is CCC1(CNC(=O)c2ccc(C#CCCO)s2)CCC1. The van der Waals surface area contributed by atoms with Crippen LogP contribution in [-0.2, 0) is 0 Å². The molecule has 2 rings (SSSR count). The fraction of sp³-hybridized carbons (Fsp3) is 0.562. The van der Waals surface area contributed by atoms with E-state index < -0.39 is 0 Å². The first kappa shape index (κ1) is 15.1. The first-order chi connectivity index (χ1) is 9.69. The van der Waals surface area contributed by atoms with E-state index in [9.17, 15) is 4.79 Å². The third-order valence-corrected chi connectivity index (χ3v) is 5.07. The Hall–Kier alpha value is -1.31. The molecule has 1 saturated carbocycles. The minimum atomic E-state index is 0.00457. The van der Waals surface area contributed by atoms with Crippen LogP contribution in [0.2, 0.25) is 0 Å². The maximum atomic E-state index is 12.1. The standard InChI is InChI=1S/C16H21NO2S/c1-2-16(9-5-10-16)12-17-15(19)14-8-7-13(20-14)6-3-4-11-18/h7-8,18H,2,4-5,9-12H2,1H3,(H,17,19). The summed E-state index contributed by atoms with van der Waals surface area (Å²) in [5, 5.41) is 11.7. The van der Waals surface area contributed by atoms with Gasteiger partial charge in [0.1, 0.15) is 0 Å². The Morgan fingerprint density at radius 1 is 1.50 bits per heavy atom. The summed E-state index contributed by atoms with van der Waals surface area (Å²) in [5.74, 6) is 5.83. The lowest BCUT2D eigenvalue weighted by atomic mass is 9.67. The summed E-state index contributed by atoms with van der Waals surface area (Å²) in [4.78, 5) is 13.7. The van der Waals surface area contributed by atoms with Crippen LogP contribution in [0.15, 0.2) is 12.1 Å². The van der Waals surface area contributed by atoms with Gasteiger partial charge in [0.15, 0.2) is 0 Å². The topological polar surface area (TPSA) is 49.3 Å². The second-order valence-electron chi connectivity index (χ2n) is 5.33. The minimum absolute atomic E-state index is 0.00457. The van der Waals surface area contributed by atoms with Crippen molar-refractivity contribution in [3.05, 3.63) is 21.9 Å². The van der Waals surface area contributed by atoms with Crippen molar-refractivity contribution in [1.29, 1.82) is 0 Å². The average Bonchev–Trinajstić information content (AvgIpc) is 2.87. The number of hydrogen-bond acceptors (Lipinski definition) is 3. The lowest BCUT2D eigenvalue weighted by molar-refractivity contribution is 0.0854. The molecule has 0 saturated heterocycles. The monoisotopic (exact) mass is 291 g/mol. The van der Waals surface area contributed by atoms with Crippen LogP contribution in [0.25, 0.3) is 0 Å². The maximum absolute atomic E-state index is 12.1. The molecule has 0 aromatic carbocycles.